The van der Waals surface area contributed by atoms with Crippen molar-refractivity contribution in [3.05, 3.63) is 23.8 Å². The lowest BCUT2D eigenvalue weighted by Crippen LogP contribution is -2.54. The van der Waals surface area contributed by atoms with Crippen LogP contribution in [-0.2, 0) is 33.4 Å². The van der Waals surface area contributed by atoms with E-state index in [-0.39, 0.29) is 23.6 Å². The number of Topliss-reactive ketones (excluding diaryl/α,β-unsaturated/α-hetero) is 1. The van der Waals surface area contributed by atoms with E-state index in [0.717, 1.165) is 0 Å². The molecular weight excluding hydrogens is 496 g/mol. The van der Waals surface area contributed by atoms with Gasteiger partial charge < -0.3 is 30.4 Å². The fourth-order valence-corrected chi connectivity index (χ4v) is 3.87. The molecular formula is C27H38N2O9. The number of ether oxygens (including phenoxy) is 3. The third kappa shape index (κ3) is 6.81. The van der Waals surface area contributed by atoms with Gasteiger partial charge in [0.05, 0.1) is 11.3 Å². The highest BCUT2D eigenvalue weighted by atomic mass is 16.6. The zero-order valence-corrected chi connectivity index (χ0v) is 22.9. The number of cyclic esters (lactones) is 3. The van der Waals surface area contributed by atoms with Gasteiger partial charge in [0.25, 0.3) is 5.91 Å². The van der Waals surface area contributed by atoms with Crippen LogP contribution in [0.3, 0.4) is 0 Å². The Morgan fingerprint density at radius 2 is 1.71 bits per heavy atom. The number of rotatable bonds is 6. The summed E-state index contributed by atoms with van der Waals surface area (Å²) in [4.78, 5) is 66.0. The molecule has 1 amide bonds. The number of hydrogen-bond acceptors (Lipinski definition) is 10. The van der Waals surface area contributed by atoms with Gasteiger partial charge in [-0.25, -0.2) is 9.59 Å². The van der Waals surface area contributed by atoms with Gasteiger partial charge in [0.15, 0.2) is 23.7 Å². The third-order valence-corrected chi connectivity index (χ3v) is 6.61. The summed E-state index contributed by atoms with van der Waals surface area (Å²) >= 11 is 0. The fourth-order valence-electron chi connectivity index (χ4n) is 3.87. The van der Waals surface area contributed by atoms with Crippen LogP contribution in [0.2, 0.25) is 0 Å². The molecule has 4 N–H and O–H groups in total. The summed E-state index contributed by atoms with van der Waals surface area (Å²) in [5, 5.41) is 12.6. The molecule has 1 aliphatic rings. The van der Waals surface area contributed by atoms with E-state index >= 15 is 0 Å². The van der Waals surface area contributed by atoms with Crippen LogP contribution in [0.15, 0.2) is 18.2 Å². The number of nitrogens with two attached hydrogens (primary N) is 1. The molecule has 1 fully saturated rings. The molecule has 0 saturated carbocycles. The average molecular weight is 535 g/mol. The maximum atomic E-state index is 13.4. The van der Waals surface area contributed by atoms with Gasteiger partial charge in [-0.15, -0.1) is 0 Å². The number of phenols is 1. The Morgan fingerprint density at radius 1 is 1.08 bits per heavy atom. The van der Waals surface area contributed by atoms with Crippen molar-refractivity contribution in [2.45, 2.75) is 85.7 Å². The van der Waals surface area contributed by atoms with E-state index in [1.54, 1.807) is 13.8 Å². The van der Waals surface area contributed by atoms with Gasteiger partial charge >= 0.3 is 17.9 Å². The summed E-state index contributed by atoms with van der Waals surface area (Å²) in [6.07, 6.45) is -3.38. The first-order chi connectivity index (χ1) is 17.6. The number of carbonyl (C=O) groups excluding carboxylic acids is 5. The Kier molecular flexibility index (Phi) is 9.88. The van der Waals surface area contributed by atoms with Crippen LogP contribution in [0.5, 0.6) is 5.75 Å². The lowest BCUT2D eigenvalue weighted by Gasteiger charge is -2.33. The summed E-state index contributed by atoms with van der Waals surface area (Å²) in [7, 11) is 0. The number of carbonyl (C=O) groups is 5. The standard InChI is InChI=1S/C27H38N2O9/c1-8-14(4)21-25(34)37-18(12-13(2)3)22(31)27(6,7)26(35)36-15(5)19(24(33)38-21)29-23(32)16-10-9-11-17(28)20(16)30/h9-11,13-15,18-19,21,30H,8,12,28H2,1-7H3,(H,29,32). The number of phenolic OH excluding ortho intramolecular Hbond substituents is 1. The number of para-hydroxylation sites is 1. The minimum absolute atomic E-state index is 0.0527. The summed E-state index contributed by atoms with van der Waals surface area (Å²) in [5.74, 6) is -5.57. The first-order valence-electron chi connectivity index (χ1n) is 12.7. The van der Waals surface area contributed by atoms with Crippen LogP contribution in [-0.4, -0.2) is 59.1 Å². The quantitative estimate of drug-likeness (QED) is 0.162. The summed E-state index contributed by atoms with van der Waals surface area (Å²) < 4.78 is 16.5. The maximum Gasteiger partial charge on any atom is 0.348 e. The largest absolute Gasteiger partial charge is 0.505 e. The van der Waals surface area contributed by atoms with E-state index in [0.29, 0.717) is 6.42 Å². The summed E-state index contributed by atoms with van der Waals surface area (Å²) in [6.45, 7) is 11.2. The lowest BCUT2D eigenvalue weighted by atomic mass is 9.82. The average Bonchev–Trinajstić information content (AvgIpc) is 2.84. The van der Waals surface area contributed by atoms with Crippen molar-refractivity contribution in [2.75, 3.05) is 5.73 Å². The molecule has 0 spiro atoms. The number of benzene rings is 1. The van der Waals surface area contributed by atoms with Crippen molar-refractivity contribution >= 4 is 35.3 Å². The Hall–Kier alpha value is -3.63. The van der Waals surface area contributed by atoms with Crippen LogP contribution in [0.25, 0.3) is 0 Å². The molecule has 38 heavy (non-hydrogen) atoms. The Balaban J connectivity index is 2.54. The first-order valence-corrected chi connectivity index (χ1v) is 12.7. The number of nitrogens with one attached hydrogen (secondary N) is 1. The number of amides is 1. The number of aromatic hydroxyl groups is 1. The smallest absolute Gasteiger partial charge is 0.348 e. The molecule has 5 atom stereocenters. The first kappa shape index (κ1) is 30.6. The molecule has 210 valence electrons. The second-order valence-electron chi connectivity index (χ2n) is 10.6. The van der Waals surface area contributed by atoms with E-state index < -0.39 is 71.0 Å². The Morgan fingerprint density at radius 3 is 2.29 bits per heavy atom. The van der Waals surface area contributed by atoms with Crippen LogP contribution in [0, 0.1) is 17.3 Å². The molecule has 1 saturated heterocycles. The molecule has 0 aromatic heterocycles. The second kappa shape index (κ2) is 12.3. The molecule has 11 nitrogen and oxygen atoms in total. The van der Waals surface area contributed by atoms with Crippen LogP contribution >= 0.6 is 0 Å². The highest BCUT2D eigenvalue weighted by molar-refractivity contribution is 6.06. The van der Waals surface area contributed by atoms with Crippen LogP contribution < -0.4 is 11.1 Å². The molecule has 1 aromatic carbocycles. The van der Waals surface area contributed by atoms with Gasteiger partial charge in [0, 0.05) is 5.92 Å². The van der Waals surface area contributed by atoms with Gasteiger partial charge in [-0.3, -0.25) is 14.4 Å². The second-order valence-corrected chi connectivity index (χ2v) is 10.6. The highest BCUT2D eigenvalue weighted by Crippen LogP contribution is 2.29. The van der Waals surface area contributed by atoms with Crippen molar-refractivity contribution in [1.29, 1.82) is 0 Å². The predicted molar refractivity (Wildman–Crippen MR) is 137 cm³/mol. The number of hydrogen-bond donors (Lipinski definition) is 3. The van der Waals surface area contributed by atoms with E-state index in [1.807, 2.05) is 13.8 Å². The lowest BCUT2D eigenvalue weighted by molar-refractivity contribution is -0.186. The Labute approximate surface area is 222 Å². The minimum atomic E-state index is -1.73. The van der Waals surface area contributed by atoms with E-state index in [9.17, 15) is 29.1 Å². The highest BCUT2D eigenvalue weighted by Gasteiger charge is 2.47. The zero-order valence-electron chi connectivity index (χ0n) is 22.9. The van der Waals surface area contributed by atoms with Crippen molar-refractivity contribution in [1.82, 2.24) is 5.32 Å². The zero-order chi connectivity index (χ0) is 28.9. The van der Waals surface area contributed by atoms with E-state index in [4.69, 9.17) is 19.9 Å². The Bertz CT molecular complexity index is 1080. The fraction of sp³-hybridized carbons (Fsp3) is 0.593. The van der Waals surface area contributed by atoms with E-state index in [1.165, 1.54) is 39.0 Å². The van der Waals surface area contributed by atoms with Gasteiger partial charge in [0.2, 0.25) is 6.10 Å². The van der Waals surface area contributed by atoms with Crippen molar-refractivity contribution < 1.29 is 43.3 Å². The van der Waals surface area contributed by atoms with Crippen molar-refractivity contribution in [3.63, 3.8) is 0 Å². The van der Waals surface area contributed by atoms with Crippen molar-refractivity contribution in [3.8, 4) is 5.75 Å². The van der Waals surface area contributed by atoms with E-state index in [2.05, 4.69) is 5.32 Å². The monoisotopic (exact) mass is 534 g/mol. The van der Waals surface area contributed by atoms with Gasteiger partial charge in [-0.2, -0.15) is 0 Å². The van der Waals surface area contributed by atoms with Crippen LogP contribution in [0.1, 0.15) is 71.7 Å². The van der Waals surface area contributed by atoms with Gasteiger partial charge in [-0.05, 0) is 51.7 Å². The van der Waals surface area contributed by atoms with Gasteiger partial charge in [-0.1, -0.05) is 33.8 Å². The normalized spacial score (nSPS) is 25.4. The maximum absolute atomic E-state index is 13.4. The predicted octanol–water partition coefficient (Wildman–Crippen LogP) is 2.53. The molecule has 0 radical (unpaired) electrons. The number of nitrogen functional groups attached to an aromatic ring is 1. The SMILES string of the molecule is CCC(C)C1OC(=O)C(NC(=O)c2cccc(N)c2O)C(C)OC(=O)C(C)(C)C(=O)C(CC(C)C)OC1=O. The topological polar surface area (TPSA) is 171 Å². The number of esters is 3. The molecule has 0 aliphatic carbocycles. The molecule has 5 unspecified atom stereocenters. The minimum Gasteiger partial charge on any atom is -0.505 e. The third-order valence-electron chi connectivity index (χ3n) is 6.61. The summed E-state index contributed by atoms with van der Waals surface area (Å²) in [6, 6.07) is 2.51. The van der Waals surface area contributed by atoms with Gasteiger partial charge in [0.1, 0.15) is 11.5 Å². The van der Waals surface area contributed by atoms with Crippen LogP contribution in [0.4, 0.5) is 5.69 Å². The summed E-state index contributed by atoms with van der Waals surface area (Å²) in [5.41, 5.74) is 3.65. The van der Waals surface area contributed by atoms with Crippen molar-refractivity contribution in [2.24, 2.45) is 17.3 Å². The molecule has 1 aromatic rings. The number of anilines is 1. The molecule has 2 rings (SSSR count). The molecule has 1 heterocycles. The molecule has 0 bridgehead atoms. The molecule has 11 heteroatoms. The molecule has 1 aliphatic heterocycles. The number of ketones is 1.